The summed E-state index contributed by atoms with van der Waals surface area (Å²) in [6.45, 7) is 4.88. The molecule has 5 nitrogen and oxygen atoms in total. The number of nitrogens with zero attached hydrogens (tertiary/aromatic N) is 4. The molecule has 1 atom stereocenters. The summed E-state index contributed by atoms with van der Waals surface area (Å²) in [5.41, 5.74) is 6.97. The van der Waals surface area contributed by atoms with Crippen LogP contribution in [0.15, 0.2) is 17.3 Å². The van der Waals surface area contributed by atoms with Crippen molar-refractivity contribution in [3.8, 4) is 0 Å². The van der Waals surface area contributed by atoms with E-state index in [2.05, 4.69) is 21.9 Å². The minimum absolute atomic E-state index is 0. The fourth-order valence-electron chi connectivity index (χ4n) is 2.21. The van der Waals surface area contributed by atoms with Gasteiger partial charge in [0.1, 0.15) is 0 Å². The number of aromatic nitrogens is 2. The summed E-state index contributed by atoms with van der Waals surface area (Å²) in [7, 11) is 1.91. The van der Waals surface area contributed by atoms with Crippen LogP contribution < -0.4 is 5.73 Å². The van der Waals surface area contributed by atoms with Crippen LogP contribution in [0.5, 0.6) is 0 Å². The lowest BCUT2D eigenvalue weighted by Gasteiger charge is -2.31. The van der Waals surface area contributed by atoms with Crippen LogP contribution in [0.25, 0.3) is 0 Å². The van der Waals surface area contributed by atoms with Gasteiger partial charge < -0.3 is 10.6 Å². The Kier molecular flexibility index (Phi) is 5.90. The molecule has 1 aliphatic heterocycles. The molecule has 1 aromatic heterocycles. The van der Waals surface area contributed by atoms with Crippen LogP contribution >= 0.6 is 24.0 Å². The normalized spacial score (nSPS) is 20.7. The van der Waals surface area contributed by atoms with E-state index in [4.69, 9.17) is 5.73 Å². The zero-order valence-corrected chi connectivity index (χ0v) is 13.4. The first kappa shape index (κ1) is 15.3. The third-order valence-electron chi connectivity index (χ3n) is 3.15. The van der Waals surface area contributed by atoms with Crippen molar-refractivity contribution in [2.24, 2.45) is 23.7 Å². The van der Waals surface area contributed by atoms with Crippen LogP contribution in [0.3, 0.4) is 0 Å². The van der Waals surface area contributed by atoms with Crippen molar-refractivity contribution in [2.45, 2.75) is 26.3 Å². The van der Waals surface area contributed by atoms with E-state index in [1.165, 1.54) is 12.8 Å². The first-order chi connectivity index (χ1) is 8.15. The minimum Gasteiger partial charge on any atom is -0.370 e. The van der Waals surface area contributed by atoms with Gasteiger partial charge in [-0.3, -0.25) is 4.68 Å². The molecule has 2 heterocycles. The molecule has 6 heteroatoms. The fraction of sp³-hybridized carbons (Fsp3) is 0.667. The van der Waals surface area contributed by atoms with Crippen molar-refractivity contribution >= 4 is 29.9 Å². The van der Waals surface area contributed by atoms with Gasteiger partial charge in [0.25, 0.3) is 0 Å². The number of halogens is 1. The molecule has 102 valence electrons. The average Bonchev–Trinajstić information content (AvgIpc) is 2.72. The molecule has 1 aliphatic rings. The lowest BCUT2D eigenvalue weighted by atomic mass is 10.0. The van der Waals surface area contributed by atoms with E-state index in [1.807, 2.05) is 19.3 Å². The maximum atomic E-state index is 6.01. The molecule has 1 fully saturated rings. The lowest BCUT2D eigenvalue weighted by molar-refractivity contribution is 0.270. The molecule has 0 spiro atoms. The number of hydrogen-bond acceptors (Lipinski definition) is 2. The van der Waals surface area contributed by atoms with Crippen molar-refractivity contribution in [3.63, 3.8) is 0 Å². The Morgan fingerprint density at radius 1 is 1.61 bits per heavy atom. The quantitative estimate of drug-likeness (QED) is 0.493. The second kappa shape index (κ2) is 6.96. The van der Waals surface area contributed by atoms with Crippen molar-refractivity contribution in [1.82, 2.24) is 14.7 Å². The maximum absolute atomic E-state index is 6.01. The average molecular weight is 363 g/mol. The van der Waals surface area contributed by atoms with Crippen LogP contribution in [0.2, 0.25) is 0 Å². The third kappa shape index (κ3) is 4.15. The number of hydrogen-bond donors (Lipinski definition) is 1. The molecular weight excluding hydrogens is 341 g/mol. The summed E-state index contributed by atoms with van der Waals surface area (Å²) in [5, 5.41) is 4.28. The van der Waals surface area contributed by atoms with Crippen molar-refractivity contribution in [3.05, 3.63) is 18.0 Å². The van der Waals surface area contributed by atoms with E-state index in [0.29, 0.717) is 18.4 Å². The summed E-state index contributed by atoms with van der Waals surface area (Å²) < 4.78 is 1.78. The number of nitrogens with two attached hydrogens (primary N) is 1. The summed E-state index contributed by atoms with van der Waals surface area (Å²) in [6.07, 6.45) is 4.43. The number of aryl methyl sites for hydroxylation is 1. The van der Waals surface area contributed by atoms with Crippen LogP contribution in [-0.2, 0) is 13.6 Å². The molecule has 0 radical (unpaired) electrons. The molecule has 0 aliphatic carbocycles. The summed E-state index contributed by atoms with van der Waals surface area (Å²) in [5.74, 6) is 1.37. The summed E-state index contributed by atoms with van der Waals surface area (Å²) >= 11 is 0. The zero-order valence-electron chi connectivity index (χ0n) is 11.0. The van der Waals surface area contributed by atoms with Gasteiger partial charge in [0.15, 0.2) is 5.96 Å². The first-order valence-electron chi connectivity index (χ1n) is 6.18. The second-order valence-corrected chi connectivity index (χ2v) is 4.85. The molecule has 0 amide bonds. The van der Waals surface area contributed by atoms with E-state index in [9.17, 15) is 0 Å². The highest BCUT2D eigenvalue weighted by atomic mass is 127. The van der Waals surface area contributed by atoms with E-state index in [0.717, 1.165) is 18.8 Å². The van der Waals surface area contributed by atoms with Crippen molar-refractivity contribution < 1.29 is 0 Å². The van der Waals surface area contributed by atoms with Gasteiger partial charge in [0.2, 0.25) is 0 Å². The van der Waals surface area contributed by atoms with Gasteiger partial charge in [0.05, 0.1) is 12.2 Å². The first-order valence-corrected chi connectivity index (χ1v) is 6.18. The Labute approximate surface area is 125 Å². The predicted octanol–water partition coefficient (Wildman–Crippen LogP) is 1.58. The smallest absolute Gasteiger partial charge is 0.191 e. The van der Waals surface area contributed by atoms with E-state index < -0.39 is 0 Å². The van der Waals surface area contributed by atoms with E-state index in [1.54, 1.807) is 4.68 Å². The van der Waals surface area contributed by atoms with Crippen LogP contribution in [0.1, 0.15) is 25.5 Å². The van der Waals surface area contributed by atoms with Gasteiger partial charge in [0, 0.05) is 26.3 Å². The molecule has 0 bridgehead atoms. The van der Waals surface area contributed by atoms with E-state index in [-0.39, 0.29) is 24.0 Å². The number of likely N-dealkylation sites (tertiary alicyclic amines) is 1. The Hall–Kier alpha value is -0.790. The second-order valence-electron chi connectivity index (χ2n) is 4.85. The van der Waals surface area contributed by atoms with Crippen LogP contribution in [0.4, 0.5) is 0 Å². The summed E-state index contributed by atoms with van der Waals surface area (Å²) in [6, 6.07) is 1.97. The number of aliphatic imine (C=N–C) groups is 1. The predicted molar refractivity (Wildman–Crippen MR) is 83.9 cm³/mol. The highest BCUT2D eigenvalue weighted by Crippen LogP contribution is 2.15. The summed E-state index contributed by atoms with van der Waals surface area (Å²) in [4.78, 5) is 6.59. The highest BCUT2D eigenvalue weighted by molar-refractivity contribution is 14.0. The molecule has 2 N–H and O–H groups in total. The topological polar surface area (TPSA) is 59.4 Å². The molecule has 0 aromatic carbocycles. The van der Waals surface area contributed by atoms with Gasteiger partial charge in [-0.1, -0.05) is 6.92 Å². The minimum atomic E-state index is 0. The van der Waals surface area contributed by atoms with Gasteiger partial charge in [-0.2, -0.15) is 5.10 Å². The van der Waals surface area contributed by atoms with Crippen molar-refractivity contribution in [2.75, 3.05) is 13.1 Å². The highest BCUT2D eigenvalue weighted by Gasteiger charge is 2.17. The SMILES string of the molecule is CC1CCCN(C(N)=NCc2ccn(C)n2)C1.I. The zero-order chi connectivity index (χ0) is 12.3. The monoisotopic (exact) mass is 363 g/mol. The standard InChI is InChI=1S/C12H21N5.HI/c1-10-4-3-6-17(9-10)12(13)14-8-11-5-7-16(2)15-11;/h5,7,10H,3-4,6,8-9H2,1-2H3,(H2,13,14);1H. The third-order valence-corrected chi connectivity index (χ3v) is 3.15. The van der Waals surface area contributed by atoms with E-state index >= 15 is 0 Å². The number of rotatable bonds is 2. The Morgan fingerprint density at radius 2 is 2.39 bits per heavy atom. The Bertz CT molecular complexity index is 401. The molecule has 18 heavy (non-hydrogen) atoms. The lowest BCUT2D eigenvalue weighted by Crippen LogP contribution is -2.43. The largest absolute Gasteiger partial charge is 0.370 e. The van der Waals surface area contributed by atoms with Crippen LogP contribution in [0, 0.1) is 5.92 Å². The Morgan fingerprint density at radius 3 is 3.00 bits per heavy atom. The molecule has 1 aromatic rings. The van der Waals surface area contributed by atoms with Gasteiger partial charge >= 0.3 is 0 Å². The Balaban J connectivity index is 0.00000162. The van der Waals surface area contributed by atoms with Crippen molar-refractivity contribution in [1.29, 1.82) is 0 Å². The molecule has 2 rings (SSSR count). The van der Waals surface area contributed by atoms with Gasteiger partial charge in [-0.05, 0) is 24.8 Å². The molecular formula is C12H22IN5. The molecule has 0 saturated carbocycles. The number of guanidine groups is 1. The number of piperidine rings is 1. The molecule has 1 unspecified atom stereocenters. The fourth-order valence-corrected chi connectivity index (χ4v) is 2.21. The molecule has 1 saturated heterocycles. The van der Waals surface area contributed by atoms with Crippen LogP contribution in [-0.4, -0.2) is 33.7 Å². The van der Waals surface area contributed by atoms with Gasteiger partial charge in [-0.15, -0.1) is 24.0 Å². The van der Waals surface area contributed by atoms with Gasteiger partial charge in [-0.25, -0.2) is 4.99 Å². The maximum Gasteiger partial charge on any atom is 0.191 e.